The summed E-state index contributed by atoms with van der Waals surface area (Å²) in [4.78, 5) is 12.0. The van der Waals surface area contributed by atoms with E-state index in [2.05, 4.69) is 5.32 Å². The van der Waals surface area contributed by atoms with Crippen LogP contribution in [0.1, 0.15) is 25.7 Å². The Morgan fingerprint density at radius 2 is 1.68 bits per heavy atom. The van der Waals surface area contributed by atoms with Crippen LogP contribution in [0, 0.1) is 0 Å². The Balaban J connectivity index is 1.64. The molecular formula is C19H21NO2. The Morgan fingerprint density at radius 1 is 1.00 bits per heavy atom. The van der Waals surface area contributed by atoms with Crippen molar-refractivity contribution in [3.05, 3.63) is 54.6 Å². The molecule has 114 valence electrons. The predicted molar refractivity (Wildman–Crippen MR) is 87.8 cm³/mol. The highest BCUT2D eigenvalue weighted by Gasteiger charge is 2.17. The summed E-state index contributed by atoms with van der Waals surface area (Å²) < 4.78 is 5.75. The number of amides is 1. The lowest BCUT2D eigenvalue weighted by molar-refractivity contribution is -0.123. The molecule has 0 radical (unpaired) electrons. The largest absolute Gasteiger partial charge is 0.483 e. The van der Waals surface area contributed by atoms with Crippen LogP contribution in [0.3, 0.4) is 0 Å². The standard InChI is InChI=1S/C19H21NO2/c21-19(20-16-10-4-5-11-16)14-22-18-13-7-6-12-17(18)15-8-2-1-3-9-15/h1-3,6-9,12-13,16H,4-5,10-11,14H2,(H,20,21). The second-order valence-electron chi connectivity index (χ2n) is 5.70. The third-order valence-electron chi connectivity index (χ3n) is 4.05. The fourth-order valence-corrected chi connectivity index (χ4v) is 2.93. The van der Waals surface area contributed by atoms with Crippen molar-refractivity contribution < 1.29 is 9.53 Å². The third kappa shape index (κ3) is 3.67. The quantitative estimate of drug-likeness (QED) is 0.911. The molecule has 2 aromatic rings. The summed E-state index contributed by atoms with van der Waals surface area (Å²) in [5.74, 6) is 0.713. The van der Waals surface area contributed by atoms with Gasteiger partial charge in [-0.05, 0) is 24.5 Å². The van der Waals surface area contributed by atoms with E-state index in [9.17, 15) is 4.79 Å². The van der Waals surface area contributed by atoms with Crippen molar-refractivity contribution in [2.75, 3.05) is 6.61 Å². The molecule has 1 saturated carbocycles. The first-order chi connectivity index (χ1) is 10.8. The van der Waals surface area contributed by atoms with Crippen molar-refractivity contribution in [1.29, 1.82) is 0 Å². The van der Waals surface area contributed by atoms with Crippen LogP contribution in [0.2, 0.25) is 0 Å². The number of hydrogen-bond acceptors (Lipinski definition) is 2. The lowest BCUT2D eigenvalue weighted by Crippen LogP contribution is -2.36. The van der Waals surface area contributed by atoms with Crippen LogP contribution in [0.4, 0.5) is 0 Å². The molecule has 2 aromatic carbocycles. The molecule has 0 heterocycles. The lowest BCUT2D eigenvalue weighted by Gasteiger charge is -2.14. The Hall–Kier alpha value is -2.29. The van der Waals surface area contributed by atoms with Gasteiger partial charge in [-0.2, -0.15) is 0 Å². The van der Waals surface area contributed by atoms with Gasteiger partial charge >= 0.3 is 0 Å². The molecular weight excluding hydrogens is 274 g/mol. The van der Waals surface area contributed by atoms with Crippen molar-refractivity contribution in [2.45, 2.75) is 31.7 Å². The zero-order valence-electron chi connectivity index (χ0n) is 12.6. The second kappa shape index (κ2) is 7.12. The molecule has 0 aromatic heterocycles. The second-order valence-corrected chi connectivity index (χ2v) is 5.70. The summed E-state index contributed by atoms with van der Waals surface area (Å²) in [6.07, 6.45) is 4.60. The minimum Gasteiger partial charge on any atom is -0.483 e. The number of ether oxygens (including phenoxy) is 1. The first kappa shape index (κ1) is 14.6. The summed E-state index contributed by atoms with van der Waals surface area (Å²) in [6.45, 7) is 0.0698. The maximum absolute atomic E-state index is 12.0. The van der Waals surface area contributed by atoms with Crippen molar-refractivity contribution >= 4 is 5.91 Å². The molecule has 0 unspecified atom stereocenters. The number of benzene rings is 2. The van der Waals surface area contributed by atoms with Crippen LogP contribution in [-0.4, -0.2) is 18.6 Å². The van der Waals surface area contributed by atoms with Gasteiger partial charge in [0.05, 0.1) is 0 Å². The Morgan fingerprint density at radius 3 is 2.45 bits per heavy atom. The lowest BCUT2D eigenvalue weighted by atomic mass is 10.1. The van der Waals surface area contributed by atoms with Crippen molar-refractivity contribution in [3.8, 4) is 16.9 Å². The number of hydrogen-bond donors (Lipinski definition) is 1. The molecule has 3 heteroatoms. The summed E-state index contributed by atoms with van der Waals surface area (Å²) in [6, 6.07) is 18.2. The monoisotopic (exact) mass is 295 g/mol. The van der Waals surface area contributed by atoms with E-state index in [4.69, 9.17) is 4.74 Å². The van der Waals surface area contributed by atoms with Crippen LogP contribution in [0.5, 0.6) is 5.75 Å². The molecule has 22 heavy (non-hydrogen) atoms. The number of nitrogens with one attached hydrogen (secondary N) is 1. The van der Waals surface area contributed by atoms with Gasteiger partial charge in [0.2, 0.25) is 0 Å². The molecule has 0 spiro atoms. The SMILES string of the molecule is O=C(COc1ccccc1-c1ccccc1)NC1CCCC1. The molecule has 1 amide bonds. The maximum atomic E-state index is 12.0. The zero-order chi connectivity index (χ0) is 15.2. The average Bonchev–Trinajstić information content (AvgIpc) is 3.07. The topological polar surface area (TPSA) is 38.3 Å². The van der Waals surface area contributed by atoms with Crippen molar-refractivity contribution in [1.82, 2.24) is 5.32 Å². The van der Waals surface area contributed by atoms with Crippen LogP contribution in [-0.2, 0) is 4.79 Å². The van der Waals surface area contributed by atoms with Gasteiger partial charge in [0.1, 0.15) is 5.75 Å². The van der Waals surface area contributed by atoms with Crippen LogP contribution in [0.15, 0.2) is 54.6 Å². The van der Waals surface area contributed by atoms with Crippen molar-refractivity contribution in [2.24, 2.45) is 0 Å². The van der Waals surface area contributed by atoms with Gasteiger partial charge in [0.25, 0.3) is 5.91 Å². The zero-order valence-corrected chi connectivity index (χ0v) is 12.6. The highest BCUT2D eigenvalue weighted by Crippen LogP contribution is 2.29. The number of para-hydroxylation sites is 1. The fraction of sp³-hybridized carbons (Fsp3) is 0.316. The third-order valence-corrected chi connectivity index (χ3v) is 4.05. The van der Waals surface area contributed by atoms with Gasteiger partial charge < -0.3 is 10.1 Å². The number of carbonyl (C=O) groups excluding carboxylic acids is 1. The Kier molecular flexibility index (Phi) is 4.74. The number of carbonyl (C=O) groups is 1. The van der Waals surface area contributed by atoms with Gasteiger partial charge in [-0.25, -0.2) is 0 Å². The number of rotatable bonds is 5. The van der Waals surface area contributed by atoms with E-state index in [1.165, 1.54) is 12.8 Å². The maximum Gasteiger partial charge on any atom is 0.258 e. The summed E-state index contributed by atoms with van der Waals surface area (Å²) in [5, 5.41) is 3.04. The van der Waals surface area contributed by atoms with Gasteiger partial charge in [-0.1, -0.05) is 61.4 Å². The van der Waals surface area contributed by atoms with E-state index in [1.54, 1.807) is 0 Å². The molecule has 3 rings (SSSR count). The minimum atomic E-state index is -0.0326. The van der Waals surface area contributed by atoms with E-state index in [0.29, 0.717) is 6.04 Å². The normalized spacial score (nSPS) is 14.7. The first-order valence-electron chi connectivity index (χ1n) is 7.89. The minimum absolute atomic E-state index is 0.0326. The summed E-state index contributed by atoms with van der Waals surface area (Å²) in [5.41, 5.74) is 2.10. The van der Waals surface area contributed by atoms with Crippen molar-refractivity contribution in [3.63, 3.8) is 0 Å². The van der Waals surface area contributed by atoms with Crippen LogP contribution in [0.25, 0.3) is 11.1 Å². The molecule has 0 atom stereocenters. The molecule has 1 N–H and O–H groups in total. The molecule has 1 aliphatic carbocycles. The smallest absolute Gasteiger partial charge is 0.258 e. The van der Waals surface area contributed by atoms with Gasteiger partial charge in [-0.3, -0.25) is 4.79 Å². The van der Waals surface area contributed by atoms with Gasteiger partial charge in [0, 0.05) is 11.6 Å². The molecule has 0 saturated heterocycles. The Labute approximate surface area is 131 Å². The van der Waals surface area contributed by atoms with E-state index >= 15 is 0 Å². The highest BCUT2D eigenvalue weighted by molar-refractivity contribution is 5.78. The molecule has 0 aliphatic heterocycles. The predicted octanol–water partition coefficient (Wildman–Crippen LogP) is 3.79. The summed E-state index contributed by atoms with van der Waals surface area (Å²) >= 11 is 0. The van der Waals surface area contributed by atoms with Crippen LogP contribution >= 0.6 is 0 Å². The average molecular weight is 295 g/mol. The molecule has 1 fully saturated rings. The van der Waals surface area contributed by atoms with E-state index in [1.807, 2.05) is 54.6 Å². The highest BCUT2D eigenvalue weighted by atomic mass is 16.5. The van der Waals surface area contributed by atoms with Crippen LogP contribution < -0.4 is 10.1 Å². The van der Waals surface area contributed by atoms with Gasteiger partial charge in [0.15, 0.2) is 6.61 Å². The molecule has 0 bridgehead atoms. The van der Waals surface area contributed by atoms with Gasteiger partial charge in [-0.15, -0.1) is 0 Å². The molecule has 1 aliphatic rings. The Bertz CT molecular complexity index is 618. The van der Waals surface area contributed by atoms with E-state index < -0.39 is 0 Å². The molecule has 3 nitrogen and oxygen atoms in total. The fourth-order valence-electron chi connectivity index (χ4n) is 2.93. The van der Waals surface area contributed by atoms with E-state index in [-0.39, 0.29) is 12.5 Å². The summed E-state index contributed by atoms with van der Waals surface area (Å²) in [7, 11) is 0. The van der Waals surface area contributed by atoms with E-state index in [0.717, 1.165) is 29.7 Å². The first-order valence-corrected chi connectivity index (χ1v) is 7.89.